The van der Waals surface area contributed by atoms with Crippen molar-refractivity contribution in [3.8, 4) is 11.3 Å². The van der Waals surface area contributed by atoms with Crippen molar-refractivity contribution in [3.63, 3.8) is 0 Å². The normalized spacial score (nSPS) is 16.2. The second-order valence-corrected chi connectivity index (χ2v) is 6.72. The number of rotatable bonds is 0. The van der Waals surface area contributed by atoms with Gasteiger partial charge in [-0.25, -0.2) is 4.98 Å². The molecule has 1 aliphatic rings. The molecule has 0 fully saturated rings. The zero-order valence-corrected chi connectivity index (χ0v) is 16.0. The highest BCUT2D eigenvalue weighted by molar-refractivity contribution is 6.07. The van der Waals surface area contributed by atoms with Crippen molar-refractivity contribution in [1.29, 1.82) is 0 Å². The lowest BCUT2D eigenvalue weighted by atomic mass is 10.2. The molecule has 0 atom stereocenters. The van der Waals surface area contributed by atoms with E-state index in [2.05, 4.69) is 31.9 Å². The molecule has 9 nitrogen and oxygen atoms in total. The van der Waals surface area contributed by atoms with E-state index in [1.54, 1.807) is 31.6 Å². The Balaban J connectivity index is 1.68. The molecular weight excluding hydrogens is 370 g/mol. The predicted octanol–water partition coefficient (Wildman–Crippen LogP) is 2.01. The quantitative estimate of drug-likeness (QED) is 0.570. The van der Waals surface area contributed by atoms with Gasteiger partial charge in [0.15, 0.2) is 5.69 Å². The van der Waals surface area contributed by atoms with Crippen LogP contribution >= 0.6 is 0 Å². The van der Waals surface area contributed by atoms with Crippen LogP contribution in [0, 0.1) is 0 Å². The van der Waals surface area contributed by atoms with Gasteiger partial charge in [0.25, 0.3) is 11.8 Å². The van der Waals surface area contributed by atoms with E-state index in [1.165, 1.54) is 4.68 Å². The molecule has 2 N–H and O–H groups in total. The third kappa shape index (κ3) is 4.23. The molecule has 2 amide bonds. The van der Waals surface area contributed by atoms with E-state index in [9.17, 15) is 9.59 Å². The van der Waals surface area contributed by atoms with E-state index in [0.717, 1.165) is 18.5 Å². The first-order chi connectivity index (χ1) is 14.1. The molecule has 3 aromatic rings. The van der Waals surface area contributed by atoms with E-state index in [1.807, 2.05) is 23.0 Å². The monoisotopic (exact) mass is 391 g/mol. The molecular formula is C20H21N7O2. The lowest BCUT2D eigenvalue weighted by molar-refractivity contribution is 0.0949. The van der Waals surface area contributed by atoms with E-state index >= 15 is 0 Å². The van der Waals surface area contributed by atoms with Crippen molar-refractivity contribution in [2.24, 2.45) is 7.05 Å². The molecule has 9 heteroatoms. The van der Waals surface area contributed by atoms with E-state index < -0.39 is 5.91 Å². The number of hydrogen-bond donors (Lipinski definition) is 2. The van der Waals surface area contributed by atoms with Crippen LogP contribution in [-0.2, 0) is 13.6 Å². The maximum Gasteiger partial charge on any atom is 0.274 e. The number of aromatic nitrogens is 5. The summed E-state index contributed by atoms with van der Waals surface area (Å²) in [7, 11) is 1.70. The Morgan fingerprint density at radius 2 is 1.86 bits per heavy atom. The maximum absolute atomic E-state index is 12.7. The molecule has 0 radical (unpaired) electrons. The lowest BCUT2D eigenvalue weighted by Crippen LogP contribution is -2.26. The Kier molecular flexibility index (Phi) is 5.19. The first kappa shape index (κ1) is 18.6. The molecule has 0 aromatic carbocycles. The highest BCUT2D eigenvalue weighted by Crippen LogP contribution is 2.18. The molecule has 4 heterocycles. The Morgan fingerprint density at radius 3 is 2.76 bits per heavy atom. The Hall–Kier alpha value is -3.75. The topological polar surface area (TPSA) is 107 Å². The smallest absolute Gasteiger partial charge is 0.274 e. The van der Waals surface area contributed by atoms with E-state index in [4.69, 9.17) is 0 Å². The van der Waals surface area contributed by atoms with Crippen LogP contribution in [0.1, 0.15) is 33.8 Å². The highest BCUT2D eigenvalue weighted by Gasteiger charge is 2.19. The standard InChI is InChI=1S/C20H21N7O2/c1-26-13-17-18(25-26)20(29)21-9-4-2-3-5-10-27-12-14(11-22-27)15-7-6-8-16(23-15)19(28)24-17/h2-3,6-8,11-13H,4-5,9-10H2,1H3,(H,21,29)(H,24,28)/b3-2+. The van der Waals surface area contributed by atoms with Gasteiger partial charge in [-0.05, 0) is 25.0 Å². The number of aryl methyl sites for hydroxylation is 2. The second-order valence-electron chi connectivity index (χ2n) is 6.72. The molecule has 148 valence electrons. The Labute approximate surface area is 167 Å². The molecule has 0 saturated carbocycles. The van der Waals surface area contributed by atoms with Gasteiger partial charge in [0.1, 0.15) is 5.69 Å². The first-order valence-electron chi connectivity index (χ1n) is 9.38. The molecule has 0 unspecified atom stereocenters. The average Bonchev–Trinajstić information content (AvgIpc) is 3.33. The van der Waals surface area contributed by atoms with Gasteiger partial charge in [-0.3, -0.25) is 19.0 Å². The number of nitrogens with zero attached hydrogens (tertiary/aromatic N) is 5. The summed E-state index contributed by atoms with van der Waals surface area (Å²) >= 11 is 0. The van der Waals surface area contributed by atoms with Crippen molar-refractivity contribution in [1.82, 2.24) is 29.9 Å². The minimum Gasteiger partial charge on any atom is -0.350 e. The van der Waals surface area contributed by atoms with Gasteiger partial charge in [0, 0.05) is 38.1 Å². The SMILES string of the molecule is Cn1cc2c(n1)C(=O)NCC/C=C/CCn1cc(cn1)-c1cccc(n1)C(=O)N2. The molecule has 0 saturated heterocycles. The van der Waals surface area contributed by atoms with Crippen LogP contribution in [0.4, 0.5) is 5.69 Å². The summed E-state index contributed by atoms with van der Waals surface area (Å²) in [6.07, 6.45) is 10.9. The molecule has 3 aromatic heterocycles. The van der Waals surface area contributed by atoms with E-state index in [0.29, 0.717) is 24.3 Å². The van der Waals surface area contributed by atoms with Crippen molar-refractivity contribution < 1.29 is 9.59 Å². The van der Waals surface area contributed by atoms with Crippen LogP contribution in [0.25, 0.3) is 11.3 Å². The number of carbonyl (C=O) groups is 2. The zero-order chi connectivity index (χ0) is 20.2. The summed E-state index contributed by atoms with van der Waals surface area (Å²) in [5.41, 5.74) is 2.25. The number of allylic oxidation sites excluding steroid dienone is 1. The summed E-state index contributed by atoms with van der Waals surface area (Å²) in [5, 5.41) is 14.1. The second kappa shape index (κ2) is 8.09. The van der Waals surface area contributed by atoms with Gasteiger partial charge in [-0.15, -0.1) is 0 Å². The number of hydrogen-bond acceptors (Lipinski definition) is 5. The van der Waals surface area contributed by atoms with Gasteiger partial charge in [-0.1, -0.05) is 18.2 Å². The summed E-state index contributed by atoms with van der Waals surface area (Å²) in [6, 6.07) is 5.23. The minimum atomic E-state index is -0.412. The van der Waals surface area contributed by atoms with Crippen LogP contribution in [0.15, 0.2) is 48.9 Å². The maximum atomic E-state index is 12.7. The molecule has 29 heavy (non-hydrogen) atoms. The summed E-state index contributed by atoms with van der Waals surface area (Å²) in [4.78, 5) is 29.7. The van der Waals surface area contributed by atoms with Crippen molar-refractivity contribution in [2.45, 2.75) is 19.4 Å². The molecule has 0 spiro atoms. The number of amides is 2. The number of nitrogens with one attached hydrogen (secondary N) is 2. The minimum absolute atomic E-state index is 0.170. The van der Waals surface area contributed by atoms with Crippen LogP contribution < -0.4 is 10.6 Å². The first-order valence-corrected chi connectivity index (χ1v) is 9.38. The van der Waals surface area contributed by atoms with Crippen LogP contribution in [0.2, 0.25) is 0 Å². The Bertz CT molecular complexity index is 1080. The van der Waals surface area contributed by atoms with Crippen LogP contribution in [0.5, 0.6) is 0 Å². The van der Waals surface area contributed by atoms with Gasteiger partial charge < -0.3 is 10.6 Å². The van der Waals surface area contributed by atoms with Crippen molar-refractivity contribution in [2.75, 3.05) is 11.9 Å². The van der Waals surface area contributed by atoms with E-state index in [-0.39, 0.29) is 17.3 Å². The molecule has 0 aliphatic carbocycles. The predicted molar refractivity (Wildman–Crippen MR) is 107 cm³/mol. The van der Waals surface area contributed by atoms with Crippen molar-refractivity contribution >= 4 is 17.5 Å². The summed E-state index contributed by atoms with van der Waals surface area (Å²) in [5.74, 6) is -0.745. The molecule has 1 aliphatic heterocycles. The highest BCUT2D eigenvalue weighted by atomic mass is 16.2. The number of fused-ring (bicyclic) bond motifs is 6. The largest absolute Gasteiger partial charge is 0.350 e. The Morgan fingerprint density at radius 1 is 1.03 bits per heavy atom. The van der Waals surface area contributed by atoms with Crippen LogP contribution in [-0.4, -0.2) is 42.9 Å². The average molecular weight is 391 g/mol. The fourth-order valence-electron chi connectivity index (χ4n) is 3.07. The summed E-state index contributed by atoms with van der Waals surface area (Å²) in [6.45, 7) is 1.22. The van der Waals surface area contributed by atoms with Gasteiger partial charge >= 0.3 is 0 Å². The number of anilines is 1. The third-order valence-corrected chi connectivity index (χ3v) is 4.49. The fourth-order valence-corrected chi connectivity index (χ4v) is 3.07. The zero-order valence-electron chi connectivity index (χ0n) is 16.0. The van der Waals surface area contributed by atoms with Gasteiger partial charge in [0.2, 0.25) is 0 Å². The third-order valence-electron chi connectivity index (χ3n) is 4.49. The fraction of sp³-hybridized carbons (Fsp3) is 0.250. The lowest BCUT2D eigenvalue weighted by Gasteiger charge is -2.07. The van der Waals surface area contributed by atoms with Gasteiger partial charge in [0.05, 0.1) is 17.6 Å². The number of pyridine rings is 1. The van der Waals surface area contributed by atoms with Gasteiger partial charge in [-0.2, -0.15) is 10.2 Å². The number of carbonyl (C=O) groups excluding carboxylic acids is 2. The molecule has 4 bridgehead atoms. The van der Waals surface area contributed by atoms with Crippen LogP contribution in [0.3, 0.4) is 0 Å². The molecule has 4 rings (SSSR count). The van der Waals surface area contributed by atoms with Crippen molar-refractivity contribution in [3.05, 3.63) is 60.3 Å². The summed E-state index contributed by atoms with van der Waals surface area (Å²) < 4.78 is 3.34.